The van der Waals surface area contributed by atoms with Gasteiger partial charge in [0, 0.05) is 42.5 Å². The molecule has 0 aliphatic carbocycles. The molecule has 2 aliphatic rings. The van der Waals surface area contributed by atoms with Gasteiger partial charge in [0.1, 0.15) is 12.4 Å². The monoisotopic (exact) mass is 431 g/mol. The van der Waals surface area contributed by atoms with Crippen LogP contribution in [0.25, 0.3) is 22.3 Å². The first kappa shape index (κ1) is 20.7. The van der Waals surface area contributed by atoms with Crippen molar-refractivity contribution in [2.75, 3.05) is 25.0 Å². The number of amides is 1. The Morgan fingerprint density at radius 1 is 1.12 bits per heavy atom. The third-order valence-corrected chi connectivity index (χ3v) is 6.57. The zero-order valence-electron chi connectivity index (χ0n) is 18.8. The van der Waals surface area contributed by atoms with Gasteiger partial charge < -0.3 is 10.2 Å². The van der Waals surface area contributed by atoms with Gasteiger partial charge in [0.2, 0.25) is 5.91 Å². The molecule has 1 amide bonds. The number of hydrogen-bond acceptors (Lipinski definition) is 5. The zero-order valence-corrected chi connectivity index (χ0v) is 18.8. The summed E-state index contributed by atoms with van der Waals surface area (Å²) in [6, 6.07) is 16.6. The molecule has 5 rings (SSSR count). The minimum absolute atomic E-state index is 0.00196. The van der Waals surface area contributed by atoms with Crippen molar-refractivity contribution < 1.29 is 4.79 Å². The Balaban J connectivity index is 1.60. The first-order chi connectivity index (χ1) is 15.4. The number of nitrogens with one attached hydrogen (secondary N) is 1. The van der Waals surface area contributed by atoms with Crippen molar-refractivity contribution in [1.29, 1.82) is 0 Å². The predicted molar refractivity (Wildman–Crippen MR) is 127 cm³/mol. The van der Waals surface area contributed by atoms with E-state index in [0.717, 1.165) is 24.3 Å². The molecule has 2 aliphatic heterocycles. The van der Waals surface area contributed by atoms with Crippen LogP contribution < -0.4 is 15.8 Å². The largest absolute Gasteiger partial charge is 0.366 e. The molecule has 0 saturated carbocycles. The number of rotatable bonds is 5. The van der Waals surface area contributed by atoms with Gasteiger partial charge >= 0.3 is 0 Å². The van der Waals surface area contributed by atoms with E-state index in [-0.39, 0.29) is 24.1 Å². The van der Waals surface area contributed by atoms with E-state index in [2.05, 4.69) is 28.2 Å². The average molecular weight is 432 g/mol. The summed E-state index contributed by atoms with van der Waals surface area (Å²) in [7, 11) is 2.18. The summed E-state index contributed by atoms with van der Waals surface area (Å²) in [4.78, 5) is 35.9. The number of piperazine rings is 1. The molecule has 2 saturated heterocycles. The Morgan fingerprint density at radius 2 is 1.91 bits per heavy atom. The van der Waals surface area contributed by atoms with Gasteiger partial charge in [-0.1, -0.05) is 30.3 Å². The van der Waals surface area contributed by atoms with Gasteiger partial charge in [0.25, 0.3) is 5.56 Å². The van der Waals surface area contributed by atoms with Crippen molar-refractivity contribution >= 4 is 22.5 Å². The molecule has 2 fully saturated rings. The zero-order chi connectivity index (χ0) is 22.4. The number of benzene rings is 2. The smallest absolute Gasteiger partial charge is 0.262 e. The van der Waals surface area contributed by atoms with Crippen LogP contribution in [-0.4, -0.2) is 58.6 Å². The second-order valence-corrected chi connectivity index (χ2v) is 9.25. The molecule has 0 unspecified atom stereocenters. The van der Waals surface area contributed by atoms with Gasteiger partial charge in [-0.25, -0.2) is 4.98 Å². The van der Waals surface area contributed by atoms with Crippen LogP contribution >= 0.6 is 0 Å². The number of carbonyl (C=O) groups excluding carboxylic acids is 1. The van der Waals surface area contributed by atoms with E-state index in [4.69, 9.17) is 4.98 Å². The normalized spacial score (nSPS) is 20.4. The second-order valence-electron chi connectivity index (χ2n) is 9.25. The number of anilines is 1. The molecule has 3 aromatic rings. The maximum absolute atomic E-state index is 13.6. The topological polar surface area (TPSA) is 70.5 Å². The molecule has 166 valence electrons. The van der Waals surface area contributed by atoms with E-state index < -0.39 is 0 Å². The minimum Gasteiger partial charge on any atom is -0.366 e. The molecular formula is C25H29N5O2. The van der Waals surface area contributed by atoms with Crippen LogP contribution in [0.1, 0.15) is 20.3 Å². The molecule has 2 aromatic carbocycles. The Kier molecular flexibility index (Phi) is 5.21. The Bertz CT molecular complexity index is 1220. The molecule has 1 aromatic heterocycles. The number of carbonyl (C=O) groups is 1. The summed E-state index contributed by atoms with van der Waals surface area (Å²) in [6.45, 7) is 5.78. The first-order valence-electron chi connectivity index (χ1n) is 11.3. The number of fused-ring (bicyclic) bond motifs is 3. The fourth-order valence-corrected chi connectivity index (χ4v) is 5.04. The van der Waals surface area contributed by atoms with E-state index in [1.165, 1.54) is 11.0 Å². The lowest BCUT2D eigenvalue weighted by molar-refractivity contribution is -0.122. The number of likely N-dealkylation sites (tertiary alicyclic amines) is 1. The summed E-state index contributed by atoms with van der Waals surface area (Å²) in [5.74, 6) is 0.313. The van der Waals surface area contributed by atoms with Crippen molar-refractivity contribution in [2.45, 2.75) is 44.9 Å². The fraction of sp³-hybridized carbons (Fsp3) is 0.400. The highest BCUT2D eigenvalue weighted by Gasteiger charge is 2.41. The minimum atomic E-state index is -0.198. The molecule has 0 spiro atoms. The molecule has 3 heterocycles. The van der Waals surface area contributed by atoms with Gasteiger partial charge in [0.05, 0.1) is 10.9 Å². The van der Waals surface area contributed by atoms with Crippen molar-refractivity contribution in [3.63, 3.8) is 0 Å². The van der Waals surface area contributed by atoms with E-state index in [1.54, 1.807) is 0 Å². The Labute approximate surface area is 187 Å². The summed E-state index contributed by atoms with van der Waals surface area (Å²) in [5, 5.41) is 3.44. The Morgan fingerprint density at radius 3 is 2.56 bits per heavy atom. The highest BCUT2D eigenvalue weighted by atomic mass is 16.2. The number of likely N-dealkylation sites (N-methyl/N-ethyl adjacent to an activating group) is 1. The lowest BCUT2D eigenvalue weighted by Crippen LogP contribution is -2.44. The maximum Gasteiger partial charge on any atom is 0.262 e. The van der Waals surface area contributed by atoms with Crippen LogP contribution in [0.4, 0.5) is 5.69 Å². The highest BCUT2D eigenvalue weighted by molar-refractivity contribution is 5.85. The summed E-state index contributed by atoms with van der Waals surface area (Å²) in [6.07, 6.45) is 1.17. The predicted octanol–water partition coefficient (Wildman–Crippen LogP) is 2.48. The Hall–Kier alpha value is -3.19. The van der Waals surface area contributed by atoms with Crippen LogP contribution in [-0.2, 0) is 11.3 Å². The van der Waals surface area contributed by atoms with Crippen LogP contribution in [0.5, 0.6) is 0 Å². The third kappa shape index (κ3) is 3.66. The highest BCUT2D eigenvalue weighted by Crippen LogP contribution is 2.34. The maximum atomic E-state index is 13.6. The van der Waals surface area contributed by atoms with E-state index >= 15 is 0 Å². The second kappa shape index (κ2) is 8.06. The lowest BCUT2D eigenvalue weighted by atomic mass is 10.1. The fourth-order valence-electron chi connectivity index (χ4n) is 5.04. The summed E-state index contributed by atoms with van der Waals surface area (Å²) in [5.41, 5.74) is 2.34. The van der Waals surface area contributed by atoms with Crippen LogP contribution in [0, 0.1) is 0 Å². The van der Waals surface area contributed by atoms with Crippen LogP contribution in [0.3, 0.4) is 0 Å². The van der Waals surface area contributed by atoms with Crippen LogP contribution in [0.15, 0.2) is 53.3 Å². The van der Waals surface area contributed by atoms with Gasteiger partial charge in [-0.3, -0.25) is 19.1 Å². The van der Waals surface area contributed by atoms with Gasteiger partial charge in [-0.15, -0.1) is 0 Å². The molecule has 32 heavy (non-hydrogen) atoms. The molecule has 0 radical (unpaired) electrons. The SMILES string of the molecule is CC(C)NC(=O)Cn1c(-c2ccccc2)nc2ccc(N3C[C@H]4C[C@H]3CN4C)cc2c1=O. The van der Waals surface area contributed by atoms with Crippen LogP contribution in [0.2, 0.25) is 0 Å². The lowest BCUT2D eigenvalue weighted by Gasteiger charge is -2.33. The van der Waals surface area contributed by atoms with Crippen molar-refractivity contribution in [3.05, 3.63) is 58.9 Å². The number of aromatic nitrogens is 2. The van der Waals surface area contributed by atoms with E-state index in [0.29, 0.717) is 28.8 Å². The number of hydrogen-bond donors (Lipinski definition) is 1. The van der Waals surface area contributed by atoms with Crippen molar-refractivity contribution in [2.24, 2.45) is 0 Å². The number of nitrogens with zero attached hydrogens (tertiary/aromatic N) is 4. The van der Waals surface area contributed by atoms with Gasteiger partial charge in [0.15, 0.2) is 0 Å². The van der Waals surface area contributed by atoms with E-state index in [1.807, 2.05) is 56.3 Å². The summed E-state index contributed by atoms with van der Waals surface area (Å²) >= 11 is 0. The van der Waals surface area contributed by atoms with Gasteiger partial charge in [-0.05, 0) is 45.5 Å². The molecule has 1 N–H and O–H groups in total. The molecule has 2 atom stereocenters. The first-order valence-corrected chi connectivity index (χ1v) is 11.3. The molecule has 2 bridgehead atoms. The summed E-state index contributed by atoms with van der Waals surface area (Å²) < 4.78 is 1.50. The van der Waals surface area contributed by atoms with Crippen molar-refractivity contribution in [3.8, 4) is 11.4 Å². The molecule has 7 heteroatoms. The van der Waals surface area contributed by atoms with Gasteiger partial charge in [-0.2, -0.15) is 0 Å². The molecule has 7 nitrogen and oxygen atoms in total. The van der Waals surface area contributed by atoms with E-state index in [9.17, 15) is 9.59 Å². The molecular weight excluding hydrogens is 402 g/mol. The third-order valence-electron chi connectivity index (χ3n) is 6.57. The van der Waals surface area contributed by atoms with Crippen molar-refractivity contribution in [1.82, 2.24) is 19.8 Å². The average Bonchev–Trinajstić information content (AvgIpc) is 3.35. The quantitative estimate of drug-likeness (QED) is 0.672. The standard InChI is InChI=1S/C25H29N5O2/c1-16(2)26-23(31)15-30-24(17-7-5-4-6-8-17)27-22-10-9-18(12-21(22)25(30)32)29-14-19-11-20(29)13-28(19)3/h4-10,12,16,19-20H,11,13-15H2,1-3H3,(H,26,31)/t19-,20+/m1/s1.